The topological polar surface area (TPSA) is 152 Å². The van der Waals surface area contributed by atoms with Crippen LogP contribution in [0.2, 0.25) is 0 Å². The van der Waals surface area contributed by atoms with Crippen LogP contribution in [0, 0.1) is 39.4 Å². The number of aliphatic hydroxyl groups is 1. The number of methoxy groups -OCH3 is 1. The molecule has 284 valence electrons. The molecule has 1 saturated heterocycles. The summed E-state index contributed by atoms with van der Waals surface area (Å²) in [6.45, 7) is 10.5. The molecule has 4 fully saturated rings. The summed E-state index contributed by atoms with van der Waals surface area (Å²) in [5, 5.41) is 13.2. The van der Waals surface area contributed by atoms with Gasteiger partial charge >= 0.3 is 29.8 Å². The molecule has 5 aliphatic rings. The van der Waals surface area contributed by atoms with E-state index in [1.54, 1.807) is 31.2 Å². The molecular formula is C40H51BrO11. The molecule has 0 aromatic heterocycles. The summed E-state index contributed by atoms with van der Waals surface area (Å²) < 4.78 is 30.4. The second-order valence-electron chi connectivity index (χ2n) is 16.4. The molecule has 11 nitrogen and oxygen atoms in total. The van der Waals surface area contributed by atoms with Crippen molar-refractivity contribution < 1.29 is 52.8 Å². The summed E-state index contributed by atoms with van der Waals surface area (Å²) in [5.41, 5.74) is -4.61. The minimum atomic E-state index is -1.54. The van der Waals surface area contributed by atoms with Crippen molar-refractivity contribution in [1.29, 1.82) is 0 Å². The van der Waals surface area contributed by atoms with Crippen LogP contribution in [-0.2, 0) is 42.9 Å². The first-order valence-electron chi connectivity index (χ1n) is 18.4. The van der Waals surface area contributed by atoms with Gasteiger partial charge in [-0.15, -0.1) is 0 Å². The standard InChI is InChI=1S/C40H51BrO11/c1-22(50-34(45)25-11-8-9-13-27(25)41)39-20-17-28-36(4,29(39)14-15-31(44)49-21-39)19-16-30-37(28,5)32(51-23(2)42)33(52-24(3)43)38(6)26(35(46)48-7)12-10-18-40(30,38)47/h8-9,11-13,22,28-30,32-33,47H,10,14-21H2,1-7H3/t22?,28?,29-,30?,32+,33-,36+,37+,38+,39-,40+/m0/s1. The van der Waals surface area contributed by atoms with Crippen molar-refractivity contribution in [3.8, 4) is 0 Å². The fourth-order valence-electron chi connectivity index (χ4n) is 12.1. The van der Waals surface area contributed by atoms with E-state index in [2.05, 4.69) is 22.9 Å². The van der Waals surface area contributed by atoms with Gasteiger partial charge in [0, 0.05) is 41.1 Å². The summed E-state index contributed by atoms with van der Waals surface area (Å²) in [4.78, 5) is 66.0. The molecule has 0 bridgehead atoms. The highest BCUT2D eigenvalue weighted by atomic mass is 79.9. The first-order valence-corrected chi connectivity index (χ1v) is 19.2. The molecular weight excluding hydrogens is 736 g/mol. The molecule has 1 aliphatic heterocycles. The maximum Gasteiger partial charge on any atom is 0.339 e. The maximum absolute atomic E-state index is 13.6. The highest BCUT2D eigenvalue weighted by molar-refractivity contribution is 9.10. The third-order valence-electron chi connectivity index (χ3n) is 14.3. The largest absolute Gasteiger partial charge is 0.466 e. The van der Waals surface area contributed by atoms with Gasteiger partial charge in [0.1, 0.15) is 18.8 Å². The Bertz CT molecular complexity index is 1690. The van der Waals surface area contributed by atoms with Crippen molar-refractivity contribution in [3.63, 3.8) is 0 Å². The fourth-order valence-corrected chi connectivity index (χ4v) is 12.5. The summed E-state index contributed by atoms with van der Waals surface area (Å²) in [5.74, 6) is -3.49. The van der Waals surface area contributed by atoms with Crippen molar-refractivity contribution in [2.24, 2.45) is 39.4 Å². The van der Waals surface area contributed by atoms with E-state index in [9.17, 15) is 29.1 Å². The zero-order valence-corrected chi connectivity index (χ0v) is 32.7. The lowest BCUT2D eigenvalue weighted by Crippen LogP contribution is -2.78. The van der Waals surface area contributed by atoms with Gasteiger partial charge in [-0.25, -0.2) is 9.59 Å². The molecule has 0 spiro atoms. The van der Waals surface area contributed by atoms with Crippen LogP contribution >= 0.6 is 15.9 Å². The molecule has 0 amide bonds. The van der Waals surface area contributed by atoms with E-state index in [0.29, 0.717) is 55.0 Å². The SMILES string of the molecule is COC(=O)C1=CCC[C@@]2(O)C3CC[C@]4(C)C(CC[C@@]5(C(C)OC(=O)c6ccccc6Br)COC(=O)CC[C@H]54)[C@@]3(C)[C@H](OC(C)=O)[C@H](OC(C)=O)[C@@]12C. The van der Waals surface area contributed by atoms with E-state index in [0.717, 1.165) is 0 Å². The van der Waals surface area contributed by atoms with Crippen molar-refractivity contribution in [2.45, 2.75) is 117 Å². The number of hydrogen-bond acceptors (Lipinski definition) is 11. The van der Waals surface area contributed by atoms with Gasteiger partial charge in [-0.3, -0.25) is 14.4 Å². The number of carbonyl (C=O) groups is 5. The van der Waals surface area contributed by atoms with Gasteiger partial charge < -0.3 is 28.8 Å². The van der Waals surface area contributed by atoms with Gasteiger partial charge in [0.15, 0.2) is 6.10 Å². The Hall–Kier alpha value is -3.25. The number of carbonyl (C=O) groups excluding carboxylic acids is 5. The van der Waals surface area contributed by atoms with Crippen LogP contribution in [0.3, 0.4) is 0 Å². The molecule has 3 unspecified atom stereocenters. The average Bonchev–Trinajstić information content (AvgIpc) is 3.26. The molecule has 6 rings (SSSR count). The number of cyclic esters (lactones) is 1. The molecule has 11 atom stereocenters. The number of fused-ring (bicyclic) bond motifs is 7. The van der Waals surface area contributed by atoms with Gasteiger partial charge in [-0.1, -0.05) is 32.1 Å². The number of halogens is 1. The molecule has 4 aliphatic carbocycles. The minimum Gasteiger partial charge on any atom is -0.466 e. The number of rotatable bonds is 6. The summed E-state index contributed by atoms with van der Waals surface area (Å²) >= 11 is 3.47. The Labute approximate surface area is 313 Å². The molecule has 1 aromatic rings. The number of hydrogen-bond donors (Lipinski definition) is 1. The smallest absolute Gasteiger partial charge is 0.339 e. The van der Waals surface area contributed by atoms with E-state index < -0.39 is 75.4 Å². The second-order valence-corrected chi connectivity index (χ2v) is 17.3. The number of benzene rings is 1. The molecule has 1 N–H and O–H groups in total. The zero-order valence-electron chi connectivity index (χ0n) is 31.1. The predicted molar refractivity (Wildman–Crippen MR) is 190 cm³/mol. The highest BCUT2D eigenvalue weighted by Crippen LogP contribution is 2.75. The van der Waals surface area contributed by atoms with Gasteiger partial charge in [0.25, 0.3) is 0 Å². The summed E-state index contributed by atoms with van der Waals surface area (Å²) in [6.07, 6.45) is 2.47. The minimum absolute atomic E-state index is 0.0854. The Kier molecular flexibility index (Phi) is 10.0. The molecule has 1 heterocycles. The first-order chi connectivity index (χ1) is 24.4. The van der Waals surface area contributed by atoms with Crippen LogP contribution in [-0.4, -0.2) is 72.6 Å². The van der Waals surface area contributed by atoms with Crippen LogP contribution < -0.4 is 0 Å². The van der Waals surface area contributed by atoms with Crippen molar-refractivity contribution in [3.05, 3.63) is 46.0 Å². The molecule has 3 saturated carbocycles. The molecule has 0 radical (unpaired) electrons. The van der Waals surface area contributed by atoms with E-state index in [1.165, 1.54) is 21.0 Å². The van der Waals surface area contributed by atoms with E-state index >= 15 is 0 Å². The van der Waals surface area contributed by atoms with Crippen LogP contribution in [0.4, 0.5) is 0 Å². The van der Waals surface area contributed by atoms with Gasteiger partial charge in [0.2, 0.25) is 0 Å². The lowest BCUT2D eigenvalue weighted by molar-refractivity contribution is -0.323. The number of allylic oxidation sites excluding steroid dienone is 1. The van der Waals surface area contributed by atoms with Crippen molar-refractivity contribution >= 4 is 45.8 Å². The quantitative estimate of drug-likeness (QED) is 0.257. The Morgan fingerprint density at radius 1 is 0.904 bits per heavy atom. The Morgan fingerprint density at radius 3 is 2.21 bits per heavy atom. The molecule has 1 aromatic carbocycles. The fraction of sp³-hybridized carbons (Fsp3) is 0.675. The lowest BCUT2D eigenvalue weighted by atomic mass is 9.33. The Morgan fingerprint density at radius 2 is 1.56 bits per heavy atom. The predicted octanol–water partition coefficient (Wildman–Crippen LogP) is 6.27. The maximum atomic E-state index is 13.6. The van der Waals surface area contributed by atoms with Gasteiger partial charge in [-0.05, 0) is 110 Å². The number of ether oxygens (including phenoxy) is 5. The zero-order chi connectivity index (χ0) is 38.0. The van der Waals surface area contributed by atoms with E-state index in [1.807, 2.05) is 19.9 Å². The van der Waals surface area contributed by atoms with E-state index in [4.69, 9.17) is 23.7 Å². The van der Waals surface area contributed by atoms with Gasteiger partial charge in [-0.2, -0.15) is 0 Å². The van der Waals surface area contributed by atoms with Crippen LogP contribution in [0.25, 0.3) is 0 Å². The number of esters is 5. The normalized spacial score (nSPS) is 40.1. The highest BCUT2D eigenvalue weighted by Gasteiger charge is 2.78. The first kappa shape index (κ1) is 38.5. The second kappa shape index (κ2) is 13.6. The van der Waals surface area contributed by atoms with Crippen molar-refractivity contribution in [1.82, 2.24) is 0 Å². The summed E-state index contributed by atoms with van der Waals surface area (Å²) in [6, 6.07) is 7.07. The Balaban J connectivity index is 1.49. The molecule has 52 heavy (non-hydrogen) atoms. The van der Waals surface area contributed by atoms with E-state index in [-0.39, 0.29) is 36.4 Å². The lowest BCUT2D eigenvalue weighted by Gasteiger charge is -2.73. The van der Waals surface area contributed by atoms with Crippen molar-refractivity contribution in [2.75, 3.05) is 13.7 Å². The van der Waals surface area contributed by atoms with Crippen LogP contribution in [0.1, 0.15) is 103 Å². The third kappa shape index (κ3) is 5.55. The molecule has 12 heteroatoms. The summed E-state index contributed by atoms with van der Waals surface area (Å²) in [7, 11) is 1.27. The van der Waals surface area contributed by atoms with Gasteiger partial charge in [0.05, 0.1) is 23.7 Å². The van der Waals surface area contributed by atoms with Crippen LogP contribution in [0.15, 0.2) is 40.4 Å². The van der Waals surface area contributed by atoms with Crippen LogP contribution in [0.5, 0.6) is 0 Å². The average molecular weight is 788 g/mol. The third-order valence-corrected chi connectivity index (χ3v) is 15.0. The monoisotopic (exact) mass is 786 g/mol.